The van der Waals surface area contributed by atoms with E-state index in [0.29, 0.717) is 44.1 Å². The van der Waals surface area contributed by atoms with Crippen LogP contribution in [0.3, 0.4) is 0 Å². The molecule has 0 saturated carbocycles. The number of pyridine rings is 1. The number of ketones is 1. The fourth-order valence-corrected chi connectivity index (χ4v) is 7.81. The summed E-state index contributed by atoms with van der Waals surface area (Å²) in [5.74, 6) is -2.99. The van der Waals surface area contributed by atoms with E-state index in [4.69, 9.17) is 4.84 Å². The number of aliphatic hydroxyl groups excluding tert-OH is 2. The number of aliphatic hydroxyl groups is 2. The molecule has 0 unspecified atom stereocenters. The number of nitrogens with one attached hydrogen (secondary N) is 1. The van der Waals surface area contributed by atoms with Gasteiger partial charge < -0.3 is 20.4 Å². The summed E-state index contributed by atoms with van der Waals surface area (Å²) in [5.41, 5.74) is 3.31. The summed E-state index contributed by atoms with van der Waals surface area (Å²) in [5, 5.41) is 26.1. The molecule has 2 fully saturated rings. The van der Waals surface area contributed by atoms with Crippen molar-refractivity contribution in [3.05, 3.63) is 101 Å². The number of carbonyl (C=O) groups excluding carboxylic acids is 5. The Morgan fingerprint density at radius 3 is 2.35 bits per heavy atom. The maximum Gasteiger partial charge on any atom is 0.382 e. The van der Waals surface area contributed by atoms with E-state index in [0.717, 1.165) is 22.3 Å². The zero-order valence-corrected chi connectivity index (χ0v) is 31.7. The Balaban J connectivity index is 1.11. The summed E-state index contributed by atoms with van der Waals surface area (Å²) in [4.78, 5) is 77.3. The van der Waals surface area contributed by atoms with E-state index in [1.807, 2.05) is 80.3 Å². The van der Waals surface area contributed by atoms with Crippen molar-refractivity contribution in [3.8, 4) is 0 Å². The Morgan fingerprint density at radius 1 is 0.945 bits per heavy atom. The van der Waals surface area contributed by atoms with Gasteiger partial charge in [-0.25, -0.2) is 9.78 Å². The molecule has 1 aliphatic carbocycles. The molecule has 0 spiro atoms. The van der Waals surface area contributed by atoms with Crippen molar-refractivity contribution in [1.29, 1.82) is 0 Å². The van der Waals surface area contributed by atoms with Gasteiger partial charge in [0, 0.05) is 75.6 Å². The van der Waals surface area contributed by atoms with Gasteiger partial charge in [-0.1, -0.05) is 60.7 Å². The average Bonchev–Trinajstić information content (AvgIpc) is 3.64. The highest BCUT2D eigenvalue weighted by atomic mass is 16.7. The first kappa shape index (κ1) is 39.9. The number of nitrogens with zero attached hydrogens (tertiary/aromatic N) is 4. The second kappa shape index (κ2) is 17.3. The number of aromatic nitrogens is 1. The Labute approximate surface area is 321 Å². The van der Waals surface area contributed by atoms with Crippen molar-refractivity contribution < 1.29 is 39.0 Å². The first-order chi connectivity index (χ1) is 26.2. The highest BCUT2D eigenvalue weighted by Gasteiger charge is 2.38. The highest BCUT2D eigenvalue weighted by Crippen LogP contribution is 2.37. The van der Waals surface area contributed by atoms with Crippen LogP contribution in [0.25, 0.3) is 0 Å². The maximum atomic E-state index is 14.0. The number of rotatable bonds is 14. The van der Waals surface area contributed by atoms with Crippen molar-refractivity contribution >= 4 is 29.5 Å². The van der Waals surface area contributed by atoms with Gasteiger partial charge >= 0.3 is 5.97 Å². The summed E-state index contributed by atoms with van der Waals surface area (Å²) < 4.78 is 0. The molecule has 3 aromatic rings. The molecule has 1 aromatic heterocycles. The van der Waals surface area contributed by atoms with Gasteiger partial charge in [0.1, 0.15) is 11.8 Å². The van der Waals surface area contributed by atoms with E-state index < -0.39 is 47.5 Å². The third-order valence-corrected chi connectivity index (χ3v) is 10.5. The summed E-state index contributed by atoms with van der Waals surface area (Å²) in [6, 6.07) is 20.2. The fourth-order valence-electron chi connectivity index (χ4n) is 7.81. The van der Waals surface area contributed by atoms with Crippen molar-refractivity contribution in [1.82, 2.24) is 25.2 Å². The smallest absolute Gasteiger partial charge is 0.382 e. The van der Waals surface area contributed by atoms with Gasteiger partial charge in [-0.3, -0.25) is 29.0 Å². The van der Waals surface area contributed by atoms with Crippen molar-refractivity contribution in [2.24, 2.45) is 5.92 Å². The monoisotopic (exact) mass is 753 g/mol. The molecular weight excluding hydrogens is 702 g/mol. The maximum absolute atomic E-state index is 14.0. The number of β-amino-alcohol motifs (C(OH)–C–C–N with tert-alkyl or cyclic N) is 1. The standard InChI is InChI=1S/C42H51N5O8/c1-42(2,3)44-40(53)35-26-45(24-28-13-14-34(43-23-28)41(54)55-47-38(51)15-16-39(47)52)17-18-46(35)25-31(48)20-30(19-27-9-5-4-6-10-27)36(49)22-33-32-12-8-7-11-29(32)21-37(33)50/h4-14,23,30-31,33,35,37,48,50H,15-22,24-26H2,1-3H3,(H,44,53)/t30-,31+,33+,35+,37-/m1/s1. The van der Waals surface area contributed by atoms with Gasteiger partial charge in [0.25, 0.3) is 11.8 Å². The Bertz CT molecular complexity index is 1850. The van der Waals surface area contributed by atoms with Gasteiger partial charge in [0.2, 0.25) is 5.91 Å². The molecule has 3 amide bonds. The second-order valence-corrected chi connectivity index (χ2v) is 16.0. The Kier molecular flexibility index (Phi) is 12.6. The Hall–Kier alpha value is -4.82. The number of benzene rings is 2. The number of fused-ring (bicyclic) bond motifs is 1. The molecule has 2 saturated heterocycles. The zero-order valence-electron chi connectivity index (χ0n) is 31.7. The van der Waals surface area contributed by atoms with Gasteiger partial charge in [0.05, 0.1) is 12.2 Å². The first-order valence-corrected chi connectivity index (χ1v) is 19.1. The Morgan fingerprint density at radius 2 is 1.65 bits per heavy atom. The van der Waals surface area contributed by atoms with Crippen LogP contribution >= 0.6 is 0 Å². The van der Waals surface area contributed by atoms with E-state index in [1.165, 1.54) is 12.3 Å². The normalized spacial score (nSPS) is 21.6. The molecular formula is C42H51N5O8. The molecule has 2 aliphatic heterocycles. The van der Waals surface area contributed by atoms with Crippen LogP contribution in [0, 0.1) is 5.92 Å². The van der Waals surface area contributed by atoms with Crippen molar-refractivity contribution in [3.63, 3.8) is 0 Å². The number of piperazine rings is 1. The van der Waals surface area contributed by atoms with Gasteiger partial charge in [-0.15, -0.1) is 5.06 Å². The predicted octanol–water partition coefficient (Wildman–Crippen LogP) is 2.97. The lowest BCUT2D eigenvalue weighted by molar-refractivity contribution is -0.172. The van der Waals surface area contributed by atoms with E-state index in [1.54, 1.807) is 6.07 Å². The molecule has 3 aliphatic rings. The van der Waals surface area contributed by atoms with Crippen molar-refractivity contribution in [2.75, 3.05) is 26.2 Å². The number of imide groups is 1. The lowest BCUT2D eigenvalue weighted by Crippen LogP contribution is -2.61. The number of hydrogen-bond acceptors (Lipinski definition) is 11. The summed E-state index contributed by atoms with van der Waals surface area (Å²) in [6.45, 7) is 7.81. The number of hydrogen-bond donors (Lipinski definition) is 3. The fraction of sp³-hybridized carbons (Fsp3) is 0.476. The lowest BCUT2D eigenvalue weighted by atomic mass is 9.83. The molecule has 0 radical (unpaired) electrons. The molecule has 13 heteroatoms. The summed E-state index contributed by atoms with van der Waals surface area (Å²) in [6.07, 6.45) is 1.37. The van der Waals surface area contributed by atoms with Gasteiger partial charge in [-0.05, 0) is 68.4 Å². The van der Waals surface area contributed by atoms with Crippen LogP contribution in [0.2, 0.25) is 0 Å². The molecule has 13 nitrogen and oxygen atoms in total. The minimum absolute atomic E-state index is 0.00131. The minimum Gasteiger partial charge on any atom is -0.392 e. The number of carbonyl (C=O) groups is 5. The van der Waals surface area contributed by atoms with Gasteiger partial charge in [0.15, 0.2) is 5.69 Å². The SMILES string of the molecule is CC(C)(C)NC(=O)[C@@H]1CN(Cc2ccc(C(=O)ON3C(=O)CCC3=O)nc2)CCN1C[C@@H](O)C[C@@H](Cc1ccccc1)C(=O)C[C@H]1c2ccccc2C[C@H]1O. The zero-order chi connectivity index (χ0) is 39.3. The molecule has 5 atom stereocenters. The highest BCUT2D eigenvalue weighted by molar-refractivity contribution is 6.02. The molecule has 3 heterocycles. The van der Waals surface area contributed by atoms with Crippen LogP contribution in [0.15, 0.2) is 72.9 Å². The average molecular weight is 754 g/mol. The third kappa shape index (κ3) is 10.3. The lowest BCUT2D eigenvalue weighted by Gasteiger charge is -2.42. The van der Waals surface area contributed by atoms with E-state index in [2.05, 4.69) is 15.2 Å². The summed E-state index contributed by atoms with van der Waals surface area (Å²) in [7, 11) is 0. The molecule has 3 N–H and O–H groups in total. The molecule has 55 heavy (non-hydrogen) atoms. The van der Waals surface area contributed by atoms with E-state index in [-0.39, 0.29) is 55.5 Å². The third-order valence-electron chi connectivity index (χ3n) is 10.5. The van der Waals surface area contributed by atoms with Crippen LogP contribution in [0.4, 0.5) is 0 Å². The van der Waals surface area contributed by atoms with Crippen molar-refractivity contribution in [2.45, 2.75) is 95.5 Å². The van der Waals surface area contributed by atoms with Crippen LogP contribution in [0.1, 0.15) is 85.1 Å². The minimum atomic E-state index is -0.907. The first-order valence-electron chi connectivity index (χ1n) is 19.1. The number of hydroxylamine groups is 2. The summed E-state index contributed by atoms with van der Waals surface area (Å²) >= 11 is 0. The molecule has 6 rings (SSSR count). The molecule has 292 valence electrons. The van der Waals surface area contributed by atoms with E-state index >= 15 is 0 Å². The second-order valence-electron chi connectivity index (χ2n) is 16.0. The largest absolute Gasteiger partial charge is 0.392 e. The van der Waals surface area contributed by atoms with E-state index in [9.17, 15) is 34.2 Å². The number of Topliss-reactive ketones (excluding diaryl/α,β-unsaturated/α-hetero) is 1. The van der Waals surface area contributed by atoms with Crippen LogP contribution in [-0.2, 0) is 43.4 Å². The molecule has 0 bridgehead atoms. The number of amides is 3. The topological polar surface area (TPSA) is 170 Å². The van der Waals surface area contributed by atoms with Crippen LogP contribution < -0.4 is 5.32 Å². The van der Waals surface area contributed by atoms with Crippen LogP contribution in [-0.4, -0.2) is 110 Å². The van der Waals surface area contributed by atoms with Crippen LogP contribution in [0.5, 0.6) is 0 Å². The quantitative estimate of drug-likeness (QED) is 0.207. The van der Waals surface area contributed by atoms with Gasteiger partial charge in [-0.2, -0.15) is 0 Å². The predicted molar refractivity (Wildman–Crippen MR) is 202 cm³/mol. The molecule has 2 aromatic carbocycles.